The molecule has 0 N–H and O–H groups in total. The summed E-state index contributed by atoms with van der Waals surface area (Å²) in [6.45, 7) is 9.95. The van der Waals surface area contributed by atoms with Crippen LogP contribution in [0.2, 0.25) is 6.32 Å². The summed E-state index contributed by atoms with van der Waals surface area (Å²) in [7, 11) is -0.241. The summed E-state index contributed by atoms with van der Waals surface area (Å²) in [5.41, 5.74) is -0.570. The molecule has 1 aliphatic rings. The largest absolute Gasteiger partial charge is 0.459 e. The molecule has 0 bridgehead atoms. The molecule has 0 spiro atoms. The molecular formula is C10H18BNO2. The highest BCUT2D eigenvalue weighted by atomic mass is 16.7. The van der Waals surface area contributed by atoms with Gasteiger partial charge in [-0.2, -0.15) is 5.26 Å². The maximum Gasteiger partial charge on any atom is 0.459 e. The molecule has 1 heterocycles. The van der Waals surface area contributed by atoms with Gasteiger partial charge in [0.05, 0.1) is 17.3 Å². The van der Waals surface area contributed by atoms with Crippen LogP contribution in [0.4, 0.5) is 0 Å². The molecule has 1 saturated heterocycles. The topological polar surface area (TPSA) is 42.2 Å². The van der Waals surface area contributed by atoms with E-state index in [1.165, 1.54) is 0 Å². The van der Waals surface area contributed by atoms with E-state index in [4.69, 9.17) is 14.6 Å². The fourth-order valence-corrected chi connectivity index (χ4v) is 1.40. The summed E-state index contributed by atoms with van der Waals surface area (Å²) < 4.78 is 11.5. The molecular weight excluding hydrogens is 177 g/mol. The van der Waals surface area contributed by atoms with Crippen molar-refractivity contribution in [1.29, 1.82) is 5.26 Å². The Balaban J connectivity index is 2.61. The highest BCUT2D eigenvalue weighted by molar-refractivity contribution is 6.45. The molecule has 0 amide bonds. The summed E-state index contributed by atoms with van der Waals surface area (Å²) in [5, 5.41) is 8.69. The Kier molecular flexibility index (Phi) is 2.94. The van der Waals surface area contributed by atoms with Gasteiger partial charge >= 0.3 is 7.12 Å². The lowest BCUT2D eigenvalue weighted by Crippen LogP contribution is -2.41. The van der Waals surface area contributed by atoms with E-state index in [1.54, 1.807) is 0 Å². The van der Waals surface area contributed by atoms with Crippen LogP contribution in [-0.4, -0.2) is 18.3 Å². The van der Waals surface area contributed by atoms with Gasteiger partial charge in [-0.05, 0) is 40.9 Å². The first-order valence-electron chi connectivity index (χ1n) is 5.04. The molecule has 1 atom stereocenters. The lowest BCUT2D eigenvalue weighted by Gasteiger charge is -2.32. The predicted octanol–water partition coefficient (Wildman–Crippen LogP) is 2.24. The molecule has 1 rings (SSSR count). The van der Waals surface area contributed by atoms with E-state index in [0.29, 0.717) is 6.32 Å². The Morgan fingerprint density at radius 3 is 2.00 bits per heavy atom. The minimum atomic E-state index is -0.285. The molecule has 1 fully saturated rings. The standard InChI is InChI=1S/C10H18BNO2/c1-8(7-12)6-11-13-9(2,3)10(4,5)14-11/h8H,6H2,1-5H3. The maximum absolute atomic E-state index is 8.69. The minimum Gasteiger partial charge on any atom is -0.403 e. The SMILES string of the molecule is CC(C#N)CB1OC(C)(C)C(C)(C)O1. The van der Waals surface area contributed by atoms with Gasteiger partial charge in [0.25, 0.3) is 0 Å². The zero-order chi connectivity index (χ0) is 11.0. The summed E-state index contributed by atoms with van der Waals surface area (Å²) >= 11 is 0. The Morgan fingerprint density at radius 1 is 1.21 bits per heavy atom. The monoisotopic (exact) mass is 195 g/mol. The first-order valence-corrected chi connectivity index (χ1v) is 5.04. The summed E-state index contributed by atoms with van der Waals surface area (Å²) in [4.78, 5) is 0. The lowest BCUT2D eigenvalue weighted by atomic mass is 9.78. The van der Waals surface area contributed by atoms with E-state index >= 15 is 0 Å². The third kappa shape index (κ3) is 2.10. The molecule has 0 aromatic heterocycles. The average Bonchev–Trinajstić information content (AvgIpc) is 2.20. The molecule has 1 unspecified atom stereocenters. The molecule has 0 aromatic carbocycles. The molecule has 0 radical (unpaired) electrons. The van der Waals surface area contributed by atoms with E-state index < -0.39 is 0 Å². The van der Waals surface area contributed by atoms with Crippen LogP contribution in [0.1, 0.15) is 34.6 Å². The second-order valence-corrected chi connectivity index (χ2v) is 4.95. The maximum atomic E-state index is 8.69. The van der Waals surface area contributed by atoms with Gasteiger partial charge < -0.3 is 9.31 Å². The zero-order valence-corrected chi connectivity index (χ0v) is 9.63. The van der Waals surface area contributed by atoms with Gasteiger partial charge in [0.15, 0.2) is 0 Å². The summed E-state index contributed by atoms with van der Waals surface area (Å²) in [5.74, 6) is -0.0234. The van der Waals surface area contributed by atoms with Crippen molar-refractivity contribution in [2.75, 3.05) is 0 Å². The highest BCUT2D eigenvalue weighted by Gasteiger charge is 2.51. The second-order valence-electron chi connectivity index (χ2n) is 4.95. The molecule has 0 aliphatic carbocycles. The zero-order valence-electron chi connectivity index (χ0n) is 9.63. The first kappa shape index (κ1) is 11.5. The van der Waals surface area contributed by atoms with Crippen LogP contribution in [0.5, 0.6) is 0 Å². The van der Waals surface area contributed by atoms with Crippen molar-refractivity contribution in [2.45, 2.75) is 52.1 Å². The number of nitriles is 1. The Morgan fingerprint density at radius 2 is 1.64 bits per heavy atom. The van der Waals surface area contributed by atoms with E-state index in [-0.39, 0.29) is 24.2 Å². The fourth-order valence-electron chi connectivity index (χ4n) is 1.40. The number of hydrogen-bond acceptors (Lipinski definition) is 3. The van der Waals surface area contributed by atoms with Crippen LogP contribution in [0.15, 0.2) is 0 Å². The van der Waals surface area contributed by atoms with Crippen molar-refractivity contribution in [3.05, 3.63) is 0 Å². The van der Waals surface area contributed by atoms with Gasteiger partial charge in [-0.1, -0.05) is 0 Å². The second kappa shape index (κ2) is 3.56. The summed E-state index contributed by atoms with van der Waals surface area (Å²) in [6, 6.07) is 2.19. The van der Waals surface area contributed by atoms with E-state index in [0.717, 1.165) is 0 Å². The third-order valence-electron chi connectivity index (χ3n) is 3.07. The fraction of sp³-hybridized carbons (Fsp3) is 0.900. The molecule has 1 aliphatic heterocycles. The Hall–Kier alpha value is -0.525. The Bertz CT molecular complexity index is 241. The third-order valence-corrected chi connectivity index (χ3v) is 3.07. The lowest BCUT2D eigenvalue weighted by molar-refractivity contribution is 0.00578. The molecule has 3 nitrogen and oxygen atoms in total. The molecule has 78 valence electrons. The van der Waals surface area contributed by atoms with Crippen LogP contribution in [0.3, 0.4) is 0 Å². The van der Waals surface area contributed by atoms with Crippen LogP contribution in [0, 0.1) is 17.2 Å². The van der Waals surface area contributed by atoms with Crippen LogP contribution in [-0.2, 0) is 9.31 Å². The normalized spacial score (nSPS) is 25.9. The Labute approximate surface area is 86.5 Å². The van der Waals surface area contributed by atoms with Crippen LogP contribution in [0.25, 0.3) is 0 Å². The van der Waals surface area contributed by atoms with E-state index in [1.807, 2.05) is 34.6 Å². The van der Waals surface area contributed by atoms with Gasteiger partial charge in [0.1, 0.15) is 0 Å². The van der Waals surface area contributed by atoms with Crippen molar-refractivity contribution < 1.29 is 9.31 Å². The molecule has 0 aromatic rings. The minimum absolute atomic E-state index is 0.0234. The van der Waals surface area contributed by atoms with Crippen molar-refractivity contribution in [3.8, 4) is 6.07 Å². The van der Waals surface area contributed by atoms with Gasteiger partial charge in [-0.15, -0.1) is 0 Å². The van der Waals surface area contributed by atoms with E-state index in [2.05, 4.69) is 6.07 Å². The van der Waals surface area contributed by atoms with Crippen molar-refractivity contribution in [3.63, 3.8) is 0 Å². The van der Waals surface area contributed by atoms with Gasteiger partial charge in [0.2, 0.25) is 0 Å². The quantitative estimate of drug-likeness (QED) is 0.634. The van der Waals surface area contributed by atoms with Gasteiger partial charge in [0, 0.05) is 5.92 Å². The highest BCUT2D eigenvalue weighted by Crippen LogP contribution is 2.38. The van der Waals surface area contributed by atoms with E-state index in [9.17, 15) is 0 Å². The molecule has 14 heavy (non-hydrogen) atoms. The van der Waals surface area contributed by atoms with Crippen molar-refractivity contribution >= 4 is 7.12 Å². The number of hydrogen-bond donors (Lipinski definition) is 0. The molecule has 0 saturated carbocycles. The van der Waals surface area contributed by atoms with Crippen LogP contribution >= 0.6 is 0 Å². The molecule has 4 heteroatoms. The van der Waals surface area contributed by atoms with Crippen LogP contribution < -0.4 is 0 Å². The number of rotatable bonds is 2. The average molecular weight is 195 g/mol. The summed E-state index contributed by atoms with van der Waals surface area (Å²) in [6.07, 6.45) is 0.642. The predicted molar refractivity (Wildman–Crippen MR) is 55.7 cm³/mol. The number of nitrogens with zero attached hydrogens (tertiary/aromatic N) is 1. The van der Waals surface area contributed by atoms with Crippen molar-refractivity contribution in [2.24, 2.45) is 5.92 Å². The van der Waals surface area contributed by atoms with Crippen molar-refractivity contribution in [1.82, 2.24) is 0 Å². The van der Waals surface area contributed by atoms with Gasteiger partial charge in [-0.25, -0.2) is 0 Å². The van der Waals surface area contributed by atoms with Gasteiger partial charge in [-0.3, -0.25) is 0 Å². The first-order chi connectivity index (χ1) is 6.28. The smallest absolute Gasteiger partial charge is 0.403 e.